The Morgan fingerprint density at radius 3 is 2.86 bits per heavy atom. The van der Waals surface area contributed by atoms with Crippen molar-refractivity contribution in [2.45, 2.75) is 36.9 Å². The highest BCUT2D eigenvalue weighted by atomic mass is 32.2. The van der Waals surface area contributed by atoms with Crippen LogP contribution in [0, 0.1) is 0 Å². The van der Waals surface area contributed by atoms with E-state index >= 15 is 0 Å². The quantitative estimate of drug-likeness (QED) is 0.781. The van der Waals surface area contributed by atoms with Crippen molar-refractivity contribution in [2.75, 3.05) is 27.3 Å². The number of aromatic nitrogens is 2. The maximum atomic E-state index is 13.0. The first kappa shape index (κ1) is 16.9. The first-order chi connectivity index (χ1) is 10.4. The van der Waals surface area contributed by atoms with E-state index in [1.54, 1.807) is 0 Å². The van der Waals surface area contributed by atoms with Crippen LogP contribution >= 0.6 is 0 Å². The van der Waals surface area contributed by atoms with Crippen molar-refractivity contribution in [3.63, 3.8) is 0 Å². The Kier molecular flexibility index (Phi) is 4.88. The molecule has 22 heavy (non-hydrogen) atoms. The van der Waals surface area contributed by atoms with Crippen LogP contribution in [0.3, 0.4) is 0 Å². The van der Waals surface area contributed by atoms with Crippen LogP contribution in [0.2, 0.25) is 0 Å². The zero-order valence-electron chi connectivity index (χ0n) is 13.1. The number of aryl methyl sites for hydroxylation is 1. The molecule has 1 N–H and O–H groups in total. The van der Waals surface area contributed by atoms with E-state index in [1.807, 2.05) is 6.92 Å². The summed E-state index contributed by atoms with van der Waals surface area (Å²) in [5.41, 5.74) is -1.20. The van der Waals surface area contributed by atoms with Crippen LogP contribution in [0.1, 0.15) is 19.8 Å². The smallest absolute Gasteiger partial charge is 0.261 e. The Bertz CT molecular complexity index is 642. The monoisotopic (exact) mass is 330 g/mol. The largest absolute Gasteiger partial charge is 0.382 e. The Hall–Kier alpha value is -1.45. The molecule has 0 radical (unpaired) electrons. The summed E-state index contributed by atoms with van der Waals surface area (Å²) in [4.78, 5) is 12.4. The summed E-state index contributed by atoms with van der Waals surface area (Å²) < 4.78 is 33.9. The zero-order chi connectivity index (χ0) is 16.4. The number of hydrogen-bond acceptors (Lipinski definition) is 5. The molecule has 0 spiro atoms. The molecule has 124 valence electrons. The number of ether oxygens (including phenoxy) is 1. The molecule has 1 amide bonds. The Balaban J connectivity index is 2.51. The molecule has 2 rings (SSSR count). The molecule has 1 atom stereocenters. The molecule has 9 heteroatoms. The van der Waals surface area contributed by atoms with Gasteiger partial charge >= 0.3 is 0 Å². The normalized spacial score (nSPS) is 22.9. The number of nitrogens with zero attached hydrogens (tertiary/aromatic N) is 3. The average Bonchev–Trinajstić information content (AvgIpc) is 3.14. The summed E-state index contributed by atoms with van der Waals surface area (Å²) in [5.74, 6) is -0.349. The van der Waals surface area contributed by atoms with Crippen molar-refractivity contribution >= 4 is 15.9 Å². The molecule has 1 aliphatic heterocycles. The summed E-state index contributed by atoms with van der Waals surface area (Å²) >= 11 is 0. The Labute approximate surface area is 130 Å². The van der Waals surface area contributed by atoms with Gasteiger partial charge < -0.3 is 10.1 Å². The fourth-order valence-electron chi connectivity index (χ4n) is 3.00. The second-order valence-electron chi connectivity index (χ2n) is 5.21. The summed E-state index contributed by atoms with van der Waals surface area (Å²) in [6.45, 7) is 2.56. The van der Waals surface area contributed by atoms with Crippen LogP contribution in [0.25, 0.3) is 0 Å². The van der Waals surface area contributed by atoms with Gasteiger partial charge in [0, 0.05) is 27.2 Å². The summed E-state index contributed by atoms with van der Waals surface area (Å²) in [6, 6.07) is 1.46. The van der Waals surface area contributed by atoms with Crippen LogP contribution in [-0.4, -0.2) is 61.3 Å². The molecule has 1 aromatic heterocycles. The third kappa shape index (κ3) is 2.53. The molecule has 8 nitrogen and oxygen atoms in total. The van der Waals surface area contributed by atoms with Crippen LogP contribution in [0.5, 0.6) is 0 Å². The summed E-state index contributed by atoms with van der Waals surface area (Å²) in [6.07, 6.45) is 2.49. The summed E-state index contributed by atoms with van der Waals surface area (Å²) in [5, 5.41) is 6.67. The average molecular weight is 330 g/mol. The van der Waals surface area contributed by atoms with E-state index in [-0.39, 0.29) is 24.1 Å². The van der Waals surface area contributed by atoms with E-state index in [2.05, 4.69) is 10.4 Å². The van der Waals surface area contributed by atoms with Crippen molar-refractivity contribution in [1.82, 2.24) is 19.4 Å². The van der Waals surface area contributed by atoms with Gasteiger partial charge in [-0.05, 0) is 25.8 Å². The maximum Gasteiger partial charge on any atom is 0.261 e. The van der Waals surface area contributed by atoms with Crippen molar-refractivity contribution in [2.24, 2.45) is 0 Å². The number of hydrogen-bond donors (Lipinski definition) is 1. The molecule has 1 unspecified atom stereocenters. The van der Waals surface area contributed by atoms with E-state index in [0.717, 1.165) is 0 Å². The number of carbonyl (C=O) groups is 1. The first-order valence-corrected chi connectivity index (χ1v) is 8.64. The van der Waals surface area contributed by atoms with Gasteiger partial charge in [-0.2, -0.15) is 9.40 Å². The zero-order valence-corrected chi connectivity index (χ0v) is 13.9. The van der Waals surface area contributed by atoms with E-state index in [9.17, 15) is 13.2 Å². The van der Waals surface area contributed by atoms with E-state index in [0.29, 0.717) is 19.4 Å². The lowest BCUT2D eigenvalue weighted by Crippen LogP contribution is -2.59. The van der Waals surface area contributed by atoms with Gasteiger partial charge in [-0.3, -0.25) is 9.48 Å². The van der Waals surface area contributed by atoms with Crippen LogP contribution in [0.4, 0.5) is 0 Å². The van der Waals surface area contributed by atoms with Gasteiger partial charge in [-0.25, -0.2) is 8.42 Å². The first-order valence-electron chi connectivity index (χ1n) is 7.20. The van der Waals surface area contributed by atoms with Crippen LogP contribution in [-0.2, 0) is 26.1 Å². The number of sulfonamides is 1. The third-order valence-electron chi connectivity index (χ3n) is 3.99. The molecule has 0 aromatic carbocycles. The third-order valence-corrected chi connectivity index (χ3v) is 5.98. The molecule has 2 heterocycles. The number of amides is 1. The molecule has 1 aromatic rings. The molecule has 1 fully saturated rings. The molecular weight excluding hydrogens is 308 g/mol. The maximum absolute atomic E-state index is 13.0. The van der Waals surface area contributed by atoms with Gasteiger partial charge in [0.25, 0.3) is 10.0 Å². The van der Waals surface area contributed by atoms with Gasteiger partial charge in [0.1, 0.15) is 5.54 Å². The lowest BCUT2D eigenvalue weighted by atomic mass is 9.97. The van der Waals surface area contributed by atoms with Crippen molar-refractivity contribution in [3.8, 4) is 0 Å². The van der Waals surface area contributed by atoms with Crippen LogP contribution < -0.4 is 5.32 Å². The molecule has 0 saturated carbocycles. The number of carbonyl (C=O) groups excluding carboxylic acids is 1. The molecular formula is C13H22N4O4S. The molecule has 0 bridgehead atoms. The number of nitrogens with one attached hydrogen (secondary N) is 1. The van der Waals surface area contributed by atoms with E-state index < -0.39 is 15.6 Å². The van der Waals surface area contributed by atoms with Gasteiger partial charge in [0.2, 0.25) is 5.91 Å². The second-order valence-corrected chi connectivity index (χ2v) is 7.02. The molecule has 1 aliphatic rings. The van der Waals surface area contributed by atoms with E-state index in [4.69, 9.17) is 4.74 Å². The predicted molar refractivity (Wildman–Crippen MR) is 79.7 cm³/mol. The number of rotatable bonds is 6. The lowest BCUT2D eigenvalue weighted by Gasteiger charge is -2.35. The van der Waals surface area contributed by atoms with Gasteiger partial charge in [-0.15, -0.1) is 0 Å². The summed E-state index contributed by atoms with van der Waals surface area (Å²) in [7, 11) is -0.869. The minimum atomic E-state index is -3.83. The van der Waals surface area contributed by atoms with E-state index in [1.165, 1.54) is 35.4 Å². The molecule has 1 saturated heterocycles. The minimum absolute atomic E-state index is 0.0200. The standard InChI is InChI=1S/C13H22N4O4S/c1-4-16-11(6-8-15-16)22(19,20)17-9-5-7-13(17,10-21-3)12(18)14-2/h6,8H,4-5,7,9-10H2,1-3H3,(H,14,18). The highest BCUT2D eigenvalue weighted by Gasteiger charge is 2.53. The molecule has 0 aliphatic carbocycles. The second kappa shape index (κ2) is 6.35. The van der Waals surface area contributed by atoms with Gasteiger partial charge in [0.15, 0.2) is 5.03 Å². The number of likely N-dealkylation sites (N-methyl/N-ethyl adjacent to an activating group) is 1. The predicted octanol–water partition coefficient (Wildman–Crippen LogP) is -0.181. The lowest BCUT2D eigenvalue weighted by molar-refractivity contribution is -0.131. The van der Waals surface area contributed by atoms with Gasteiger partial charge in [-0.1, -0.05) is 0 Å². The fraction of sp³-hybridized carbons (Fsp3) is 0.692. The van der Waals surface area contributed by atoms with Crippen molar-refractivity contribution < 1.29 is 17.9 Å². The Morgan fingerprint density at radius 1 is 1.55 bits per heavy atom. The number of methoxy groups -OCH3 is 1. The topological polar surface area (TPSA) is 93.5 Å². The Morgan fingerprint density at radius 2 is 2.27 bits per heavy atom. The van der Waals surface area contributed by atoms with Crippen molar-refractivity contribution in [1.29, 1.82) is 0 Å². The van der Waals surface area contributed by atoms with Gasteiger partial charge in [0.05, 0.1) is 12.8 Å². The highest BCUT2D eigenvalue weighted by molar-refractivity contribution is 7.89. The highest BCUT2D eigenvalue weighted by Crippen LogP contribution is 2.35. The van der Waals surface area contributed by atoms with Crippen LogP contribution in [0.15, 0.2) is 17.3 Å². The minimum Gasteiger partial charge on any atom is -0.382 e. The fourth-order valence-corrected chi connectivity index (χ4v) is 4.96. The SMILES string of the molecule is CCn1nccc1S(=O)(=O)N1CCCC1(COC)C(=O)NC. The van der Waals surface area contributed by atoms with Crippen molar-refractivity contribution in [3.05, 3.63) is 12.3 Å².